The third-order valence-corrected chi connectivity index (χ3v) is 2.88. The van der Waals surface area contributed by atoms with Crippen molar-refractivity contribution in [3.8, 4) is 11.5 Å². The predicted molar refractivity (Wildman–Crippen MR) is 76.9 cm³/mol. The molecule has 0 spiro atoms. The highest BCUT2D eigenvalue weighted by Gasteiger charge is 2.02. The highest BCUT2D eigenvalue weighted by atomic mass is 16.5. The monoisotopic (exact) mass is 273 g/mol. The van der Waals surface area contributed by atoms with E-state index in [0.717, 1.165) is 28.5 Å². The van der Waals surface area contributed by atoms with Crippen LogP contribution in [0.3, 0.4) is 0 Å². The molecule has 1 heterocycles. The van der Waals surface area contributed by atoms with Crippen LogP contribution in [-0.2, 0) is 13.1 Å². The van der Waals surface area contributed by atoms with Crippen molar-refractivity contribution in [2.24, 2.45) is 0 Å². The number of nitrogens with zero attached hydrogens (tertiary/aromatic N) is 2. The van der Waals surface area contributed by atoms with E-state index >= 15 is 0 Å². The van der Waals surface area contributed by atoms with Crippen molar-refractivity contribution in [1.29, 1.82) is 0 Å². The number of benzene rings is 1. The molecule has 0 saturated carbocycles. The van der Waals surface area contributed by atoms with Crippen LogP contribution >= 0.6 is 0 Å². The first-order chi connectivity index (χ1) is 9.71. The van der Waals surface area contributed by atoms with Gasteiger partial charge in [0.25, 0.3) is 0 Å². The number of ether oxygens (including phenoxy) is 2. The van der Waals surface area contributed by atoms with E-state index in [1.165, 1.54) is 0 Å². The lowest BCUT2D eigenvalue weighted by Crippen LogP contribution is -2.14. The van der Waals surface area contributed by atoms with Crippen LogP contribution in [0.15, 0.2) is 30.6 Å². The Bertz CT molecular complexity index is 533. The van der Waals surface area contributed by atoms with Crippen molar-refractivity contribution in [2.45, 2.75) is 20.0 Å². The van der Waals surface area contributed by atoms with Gasteiger partial charge in [0.15, 0.2) is 0 Å². The van der Waals surface area contributed by atoms with E-state index in [1.54, 1.807) is 26.6 Å². The van der Waals surface area contributed by atoms with E-state index in [0.29, 0.717) is 13.1 Å². The van der Waals surface area contributed by atoms with Crippen LogP contribution in [0.2, 0.25) is 0 Å². The summed E-state index contributed by atoms with van der Waals surface area (Å²) in [6.45, 7) is 3.31. The zero-order chi connectivity index (χ0) is 14.4. The van der Waals surface area contributed by atoms with Gasteiger partial charge in [-0.15, -0.1) is 0 Å². The summed E-state index contributed by atoms with van der Waals surface area (Å²) >= 11 is 0. The van der Waals surface area contributed by atoms with Gasteiger partial charge in [-0.25, -0.2) is 0 Å². The number of hydrogen-bond donors (Lipinski definition) is 1. The molecule has 0 aliphatic carbocycles. The topological polar surface area (TPSA) is 56.3 Å². The molecule has 1 aromatic carbocycles. The Morgan fingerprint density at radius 3 is 2.20 bits per heavy atom. The van der Waals surface area contributed by atoms with Crippen LogP contribution in [0.25, 0.3) is 0 Å². The molecule has 5 nitrogen and oxygen atoms in total. The maximum absolute atomic E-state index is 5.24. The fourth-order valence-corrected chi connectivity index (χ4v) is 1.81. The van der Waals surface area contributed by atoms with Crippen LogP contribution in [0.4, 0.5) is 0 Å². The lowest BCUT2D eigenvalue weighted by Gasteiger charge is -2.09. The molecular weight excluding hydrogens is 254 g/mol. The zero-order valence-electron chi connectivity index (χ0n) is 12.0. The maximum Gasteiger partial charge on any atom is 0.122 e. The van der Waals surface area contributed by atoms with Crippen LogP contribution in [0.5, 0.6) is 11.5 Å². The van der Waals surface area contributed by atoms with Gasteiger partial charge >= 0.3 is 0 Å². The molecular formula is C15H19N3O2. The van der Waals surface area contributed by atoms with Gasteiger partial charge in [0.1, 0.15) is 11.5 Å². The van der Waals surface area contributed by atoms with Crippen molar-refractivity contribution in [1.82, 2.24) is 15.3 Å². The van der Waals surface area contributed by atoms with Crippen molar-refractivity contribution in [3.05, 3.63) is 47.5 Å². The number of methoxy groups -OCH3 is 2. The molecule has 0 aliphatic heterocycles. The summed E-state index contributed by atoms with van der Waals surface area (Å²) in [5.74, 6) is 1.58. The number of aromatic nitrogens is 2. The van der Waals surface area contributed by atoms with Gasteiger partial charge in [-0.1, -0.05) is 0 Å². The minimum absolute atomic E-state index is 0.673. The normalized spacial score (nSPS) is 10.3. The molecule has 0 saturated heterocycles. The second-order valence-corrected chi connectivity index (χ2v) is 4.47. The maximum atomic E-state index is 5.24. The highest BCUT2D eigenvalue weighted by Crippen LogP contribution is 2.22. The van der Waals surface area contributed by atoms with Gasteiger partial charge < -0.3 is 14.8 Å². The summed E-state index contributed by atoms with van der Waals surface area (Å²) in [5.41, 5.74) is 2.94. The van der Waals surface area contributed by atoms with Crippen LogP contribution < -0.4 is 14.8 Å². The Kier molecular flexibility index (Phi) is 4.90. The molecule has 1 aromatic heterocycles. The summed E-state index contributed by atoms with van der Waals surface area (Å²) < 4.78 is 10.5. The van der Waals surface area contributed by atoms with Crippen molar-refractivity contribution >= 4 is 0 Å². The van der Waals surface area contributed by atoms with Gasteiger partial charge in [-0.2, -0.15) is 0 Å². The molecule has 106 valence electrons. The minimum atomic E-state index is 0.673. The third-order valence-electron chi connectivity index (χ3n) is 2.88. The molecule has 1 N–H and O–H groups in total. The van der Waals surface area contributed by atoms with Crippen molar-refractivity contribution < 1.29 is 9.47 Å². The fraction of sp³-hybridized carbons (Fsp3) is 0.333. The smallest absolute Gasteiger partial charge is 0.122 e. The van der Waals surface area contributed by atoms with E-state index in [2.05, 4.69) is 15.3 Å². The van der Waals surface area contributed by atoms with Gasteiger partial charge in [0, 0.05) is 31.5 Å². The molecule has 0 aliphatic rings. The van der Waals surface area contributed by atoms with Crippen LogP contribution in [-0.4, -0.2) is 24.2 Å². The van der Waals surface area contributed by atoms with E-state index in [-0.39, 0.29) is 0 Å². The summed E-state index contributed by atoms with van der Waals surface area (Å²) in [4.78, 5) is 8.52. The average molecular weight is 273 g/mol. The Balaban J connectivity index is 1.94. The molecule has 0 atom stereocenters. The number of rotatable bonds is 6. The second-order valence-electron chi connectivity index (χ2n) is 4.47. The molecule has 5 heteroatoms. The Labute approximate surface area is 119 Å². The Hall–Kier alpha value is -2.14. The quantitative estimate of drug-likeness (QED) is 0.873. The molecule has 2 aromatic rings. The zero-order valence-corrected chi connectivity index (χ0v) is 12.0. The number of hydrogen-bond acceptors (Lipinski definition) is 5. The Morgan fingerprint density at radius 2 is 1.65 bits per heavy atom. The molecule has 2 rings (SSSR count). The predicted octanol–water partition coefficient (Wildman–Crippen LogP) is 2.09. The lowest BCUT2D eigenvalue weighted by atomic mass is 10.2. The SMILES string of the molecule is COc1cc(CNCc2cnc(C)cn2)cc(OC)c1. The van der Waals surface area contributed by atoms with Crippen LogP contribution in [0.1, 0.15) is 17.0 Å². The van der Waals surface area contributed by atoms with Gasteiger partial charge in [0.2, 0.25) is 0 Å². The Morgan fingerprint density at radius 1 is 0.950 bits per heavy atom. The van der Waals surface area contributed by atoms with E-state index in [9.17, 15) is 0 Å². The molecule has 20 heavy (non-hydrogen) atoms. The van der Waals surface area contributed by atoms with Crippen molar-refractivity contribution in [3.63, 3.8) is 0 Å². The summed E-state index contributed by atoms with van der Waals surface area (Å²) in [6.07, 6.45) is 3.56. The molecule has 0 fully saturated rings. The van der Waals surface area contributed by atoms with Gasteiger partial charge in [0.05, 0.1) is 25.6 Å². The average Bonchev–Trinajstić information content (AvgIpc) is 2.49. The van der Waals surface area contributed by atoms with E-state index < -0.39 is 0 Å². The van der Waals surface area contributed by atoms with E-state index in [1.807, 2.05) is 25.1 Å². The molecule has 0 bridgehead atoms. The minimum Gasteiger partial charge on any atom is -0.497 e. The second kappa shape index (κ2) is 6.86. The van der Waals surface area contributed by atoms with Crippen molar-refractivity contribution in [2.75, 3.05) is 14.2 Å². The first-order valence-corrected chi connectivity index (χ1v) is 6.41. The summed E-state index contributed by atoms with van der Waals surface area (Å²) in [7, 11) is 3.29. The first-order valence-electron chi connectivity index (χ1n) is 6.41. The molecule has 0 radical (unpaired) electrons. The summed E-state index contributed by atoms with van der Waals surface area (Å²) in [5, 5.41) is 3.33. The van der Waals surface area contributed by atoms with Gasteiger partial charge in [-0.3, -0.25) is 9.97 Å². The third kappa shape index (κ3) is 3.93. The standard InChI is InChI=1S/C15H19N3O2/c1-11-7-18-13(10-17-11)9-16-8-12-4-14(19-2)6-15(5-12)20-3/h4-7,10,16H,8-9H2,1-3H3. The number of nitrogens with one attached hydrogen (secondary N) is 1. The molecule has 0 unspecified atom stereocenters. The summed E-state index contributed by atoms with van der Waals surface area (Å²) in [6, 6.07) is 5.82. The molecule has 0 amide bonds. The van der Waals surface area contributed by atoms with Crippen LogP contribution in [0, 0.1) is 6.92 Å². The largest absolute Gasteiger partial charge is 0.497 e. The number of aryl methyl sites for hydroxylation is 1. The van der Waals surface area contributed by atoms with E-state index in [4.69, 9.17) is 9.47 Å². The highest BCUT2D eigenvalue weighted by molar-refractivity contribution is 5.38. The lowest BCUT2D eigenvalue weighted by molar-refractivity contribution is 0.393. The van der Waals surface area contributed by atoms with Gasteiger partial charge in [-0.05, 0) is 24.6 Å². The first kappa shape index (κ1) is 14.3. The fourth-order valence-electron chi connectivity index (χ4n) is 1.81.